The van der Waals surface area contributed by atoms with E-state index in [1.165, 1.54) is 0 Å². The smallest absolute Gasteiger partial charge is 0.265 e. The van der Waals surface area contributed by atoms with E-state index in [1.807, 2.05) is 21.0 Å². The van der Waals surface area contributed by atoms with Crippen molar-refractivity contribution in [1.82, 2.24) is 5.32 Å². The molecule has 0 aliphatic carbocycles. The fourth-order valence-corrected chi connectivity index (χ4v) is 2.37. The molecule has 20 heavy (non-hydrogen) atoms. The fraction of sp³-hybridized carbons (Fsp3) is 0.769. The zero-order valence-corrected chi connectivity index (χ0v) is 13.7. The highest BCUT2D eigenvalue weighted by molar-refractivity contribution is 7.85. The maximum absolute atomic E-state index is 11.3. The van der Waals surface area contributed by atoms with E-state index in [1.54, 1.807) is 6.92 Å². The topological polar surface area (TPSA) is 83.5 Å². The first kappa shape index (κ1) is 19.1. The van der Waals surface area contributed by atoms with Crippen LogP contribution in [0, 0.1) is 0 Å². The minimum Gasteiger partial charge on any atom is -0.352 e. The number of amides is 1. The van der Waals surface area contributed by atoms with Crippen LogP contribution in [0.15, 0.2) is 12.2 Å². The molecule has 0 bridgehead atoms. The zero-order valence-electron chi connectivity index (χ0n) is 12.8. The highest BCUT2D eigenvalue weighted by Crippen LogP contribution is 2.12. The molecule has 0 saturated carbocycles. The van der Waals surface area contributed by atoms with Gasteiger partial charge in [-0.25, -0.2) is 0 Å². The van der Waals surface area contributed by atoms with Crippen molar-refractivity contribution in [2.24, 2.45) is 0 Å². The molecule has 1 atom stereocenters. The number of quaternary nitrogens is 1. The lowest BCUT2D eigenvalue weighted by molar-refractivity contribution is -0.913. The first-order valence-electron chi connectivity index (χ1n) is 6.67. The predicted molar refractivity (Wildman–Crippen MR) is 79.9 cm³/mol. The number of hydrogen-bond donors (Lipinski definition) is 2. The number of hydrogen-bond acceptors (Lipinski definition) is 3. The summed E-state index contributed by atoms with van der Waals surface area (Å²) in [6.07, 6.45) is 1.20. The van der Waals surface area contributed by atoms with E-state index in [2.05, 4.69) is 11.9 Å². The summed E-state index contributed by atoms with van der Waals surface area (Å²) in [5.41, 5.74) is 0.486. The fourth-order valence-electron chi connectivity index (χ4n) is 1.73. The third-order valence-corrected chi connectivity index (χ3v) is 4.32. The van der Waals surface area contributed by atoms with Crippen molar-refractivity contribution >= 4 is 16.0 Å². The van der Waals surface area contributed by atoms with Crippen LogP contribution in [0.3, 0.4) is 0 Å². The van der Waals surface area contributed by atoms with Crippen LogP contribution in [-0.4, -0.2) is 62.3 Å². The Morgan fingerprint density at radius 2 is 1.95 bits per heavy atom. The van der Waals surface area contributed by atoms with Gasteiger partial charge in [-0.05, 0) is 13.8 Å². The van der Waals surface area contributed by atoms with Crippen molar-refractivity contribution in [2.75, 3.05) is 32.9 Å². The van der Waals surface area contributed by atoms with Crippen LogP contribution < -0.4 is 5.32 Å². The number of carbonyl (C=O) groups is 1. The monoisotopic (exact) mass is 307 g/mol. The summed E-state index contributed by atoms with van der Waals surface area (Å²) in [6, 6.07) is 0.105. The Labute approximate surface area is 122 Å². The van der Waals surface area contributed by atoms with Crippen molar-refractivity contribution < 1.29 is 22.2 Å². The molecule has 118 valence electrons. The summed E-state index contributed by atoms with van der Waals surface area (Å²) >= 11 is 0. The molecule has 0 saturated heterocycles. The Morgan fingerprint density at radius 1 is 1.40 bits per heavy atom. The molecule has 0 fully saturated rings. The van der Waals surface area contributed by atoms with Gasteiger partial charge in [0.05, 0.1) is 32.4 Å². The molecule has 0 heterocycles. The lowest BCUT2D eigenvalue weighted by Gasteiger charge is -2.36. The van der Waals surface area contributed by atoms with Crippen LogP contribution in [0.2, 0.25) is 0 Å². The average molecular weight is 307 g/mol. The van der Waals surface area contributed by atoms with Gasteiger partial charge in [-0.2, -0.15) is 8.42 Å². The highest BCUT2D eigenvalue weighted by Gasteiger charge is 2.24. The van der Waals surface area contributed by atoms with Crippen LogP contribution in [-0.2, 0) is 14.9 Å². The molecule has 0 aromatic rings. The third-order valence-electron chi connectivity index (χ3n) is 3.57. The second kappa shape index (κ2) is 7.75. The zero-order chi connectivity index (χ0) is 16.0. The van der Waals surface area contributed by atoms with Gasteiger partial charge in [-0.15, -0.1) is 0 Å². The van der Waals surface area contributed by atoms with Gasteiger partial charge in [0, 0.05) is 25.0 Å². The van der Waals surface area contributed by atoms with E-state index in [4.69, 9.17) is 4.55 Å². The molecule has 1 unspecified atom stereocenters. The lowest BCUT2D eigenvalue weighted by Crippen LogP contribution is -2.49. The van der Waals surface area contributed by atoms with Crippen molar-refractivity contribution in [1.29, 1.82) is 0 Å². The van der Waals surface area contributed by atoms with Gasteiger partial charge >= 0.3 is 0 Å². The van der Waals surface area contributed by atoms with Gasteiger partial charge in [0.15, 0.2) is 0 Å². The van der Waals surface area contributed by atoms with E-state index in [0.29, 0.717) is 23.0 Å². The maximum Gasteiger partial charge on any atom is 0.265 e. The molecular weight excluding hydrogens is 280 g/mol. The van der Waals surface area contributed by atoms with E-state index in [9.17, 15) is 13.2 Å². The molecule has 0 radical (unpaired) electrons. The van der Waals surface area contributed by atoms with E-state index >= 15 is 0 Å². The van der Waals surface area contributed by atoms with Gasteiger partial charge in [-0.3, -0.25) is 9.35 Å². The third kappa shape index (κ3) is 8.29. The number of nitrogens with one attached hydrogen (secondary N) is 1. The summed E-state index contributed by atoms with van der Waals surface area (Å²) in [5, 5.41) is 2.77. The summed E-state index contributed by atoms with van der Waals surface area (Å²) < 4.78 is 30.9. The molecule has 0 spiro atoms. The summed E-state index contributed by atoms with van der Waals surface area (Å²) in [5.74, 6) is -0.364. The number of rotatable bonds is 9. The van der Waals surface area contributed by atoms with Gasteiger partial charge in [0.25, 0.3) is 10.1 Å². The standard InChI is InChI=1S/C13H26N2O4S/c1-11(2)13(16)14-8-6-9-15(4,5)12(3)7-10-20(17,18)19/h12H,1,6-10H2,2-5H3,(H-,14,16,17,18,19)/p+1. The second-order valence-corrected chi connectivity index (χ2v) is 7.39. The first-order valence-corrected chi connectivity index (χ1v) is 8.28. The van der Waals surface area contributed by atoms with Crippen molar-refractivity contribution in [3.05, 3.63) is 12.2 Å². The quantitative estimate of drug-likeness (QED) is 0.286. The molecule has 0 aromatic carbocycles. The van der Waals surface area contributed by atoms with E-state index in [0.717, 1.165) is 13.0 Å². The largest absolute Gasteiger partial charge is 0.352 e. The first-order chi connectivity index (χ1) is 8.96. The SMILES string of the molecule is C=C(C)C(=O)NCCC[N+](C)(C)C(C)CCS(=O)(=O)O. The maximum atomic E-state index is 11.3. The molecule has 7 heteroatoms. The minimum atomic E-state index is -3.90. The van der Waals surface area contributed by atoms with Crippen LogP contribution in [0.5, 0.6) is 0 Å². The Hall–Kier alpha value is -0.920. The van der Waals surface area contributed by atoms with Crippen LogP contribution in [0.1, 0.15) is 26.7 Å². The van der Waals surface area contributed by atoms with Gasteiger partial charge in [0.1, 0.15) is 0 Å². The van der Waals surface area contributed by atoms with Crippen LogP contribution >= 0.6 is 0 Å². The molecule has 0 aliphatic rings. The van der Waals surface area contributed by atoms with Gasteiger partial charge < -0.3 is 9.80 Å². The Morgan fingerprint density at radius 3 is 2.40 bits per heavy atom. The molecule has 0 aromatic heterocycles. The molecule has 6 nitrogen and oxygen atoms in total. The lowest BCUT2D eigenvalue weighted by atomic mass is 10.2. The predicted octanol–water partition coefficient (Wildman–Crippen LogP) is 0.812. The normalized spacial score (nSPS) is 13.8. The van der Waals surface area contributed by atoms with E-state index < -0.39 is 10.1 Å². The Balaban J connectivity index is 4.11. The van der Waals surface area contributed by atoms with Crippen molar-refractivity contribution in [3.8, 4) is 0 Å². The van der Waals surface area contributed by atoms with E-state index in [-0.39, 0.29) is 17.7 Å². The molecule has 2 N–H and O–H groups in total. The Kier molecular flexibility index (Phi) is 7.40. The number of carbonyl (C=O) groups excluding carboxylic acids is 1. The molecular formula is C13H27N2O4S+. The van der Waals surface area contributed by atoms with Crippen LogP contribution in [0.25, 0.3) is 0 Å². The van der Waals surface area contributed by atoms with Gasteiger partial charge in [-0.1, -0.05) is 6.58 Å². The summed E-state index contributed by atoms with van der Waals surface area (Å²) in [4.78, 5) is 11.3. The summed E-state index contributed by atoms with van der Waals surface area (Å²) in [6.45, 7) is 8.55. The molecule has 1 amide bonds. The van der Waals surface area contributed by atoms with Crippen LogP contribution in [0.4, 0.5) is 0 Å². The Bertz CT molecular complexity index is 443. The number of nitrogens with zero attached hydrogens (tertiary/aromatic N) is 1. The van der Waals surface area contributed by atoms with Crippen molar-refractivity contribution in [3.63, 3.8) is 0 Å². The minimum absolute atomic E-state index is 0.105. The summed E-state index contributed by atoms with van der Waals surface area (Å²) in [7, 11) is 0.116. The second-order valence-electron chi connectivity index (χ2n) is 5.82. The average Bonchev–Trinajstić information content (AvgIpc) is 2.30. The molecule has 0 rings (SSSR count). The molecule has 0 aliphatic heterocycles. The van der Waals surface area contributed by atoms with Crippen molar-refractivity contribution in [2.45, 2.75) is 32.7 Å². The highest BCUT2D eigenvalue weighted by atomic mass is 32.2. The van der Waals surface area contributed by atoms with Gasteiger partial charge in [0.2, 0.25) is 5.91 Å².